The summed E-state index contributed by atoms with van der Waals surface area (Å²) in [7, 11) is 0. The van der Waals surface area contributed by atoms with Gasteiger partial charge >= 0.3 is 0 Å². The Morgan fingerprint density at radius 3 is 2.58 bits per heavy atom. The van der Waals surface area contributed by atoms with Crippen LogP contribution in [0.3, 0.4) is 0 Å². The van der Waals surface area contributed by atoms with Crippen LogP contribution in [0.25, 0.3) is 11.4 Å². The Morgan fingerprint density at radius 2 is 1.88 bits per heavy atom. The van der Waals surface area contributed by atoms with Gasteiger partial charge in [0.05, 0.1) is 6.04 Å². The van der Waals surface area contributed by atoms with Gasteiger partial charge in [0, 0.05) is 10.0 Å². The van der Waals surface area contributed by atoms with Crippen LogP contribution >= 0.6 is 15.9 Å². The zero-order valence-corrected chi connectivity index (χ0v) is 16.1. The van der Waals surface area contributed by atoms with Crippen LogP contribution in [0.15, 0.2) is 59.1 Å². The third kappa shape index (κ3) is 4.76. The lowest BCUT2D eigenvalue weighted by molar-refractivity contribution is -0.122. The molecule has 1 heterocycles. The number of halogens is 1. The molecule has 0 saturated heterocycles. The first-order valence-corrected chi connectivity index (χ1v) is 9.33. The molecule has 3 rings (SSSR count). The topological polar surface area (TPSA) is 72.7 Å². The molecule has 0 spiro atoms. The maximum atomic E-state index is 12.4. The summed E-state index contributed by atoms with van der Waals surface area (Å²) in [5.41, 5.74) is 1.96. The van der Waals surface area contributed by atoms with E-state index in [9.17, 15) is 4.79 Å². The van der Waals surface area contributed by atoms with Crippen LogP contribution in [0.2, 0.25) is 0 Å². The van der Waals surface area contributed by atoms with E-state index in [0.717, 1.165) is 28.4 Å². The summed E-state index contributed by atoms with van der Waals surface area (Å²) in [5.74, 6) is 0.366. The van der Waals surface area contributed by atoms with Crippen molar-refractivity contribution in [1.29, 1.82) is 0 Å². The monoisotopic (exact) mass is 413 g/mol. The molecule has 0 bridgehead atoms. The fourth-order valence-electron chi connectivity index (χ4n) is 2.69. The Kier molecular flexibility index (Phi) is 6.12. The number of benzene rings is 2. The number of carbonyl (C=O) groups is 1. The predicted octanol–water partition coefficient (Wildman–Crippen LogP) is 3.76. The van der Waals surface area contributed by atoms with Crippen LogP contribution in [0.1, 0.15) is 31.4 Å². The molecule has 1 atom stereocenters. The number of carbonyl (C=O) groups excluding carboxylic acids is 1. The van der Waals surface area contributed by atoms with Gasteiger partial charge in [-0.15, -0.1) is 10.2 Å². The fourth-order valence-corrected chi connectivity index (χ4v) is 2.95. The van der Waals surface area contributed by atoms with Gasteiger partial charge in [-0.3, -0.25) is 4.79 Å². The van der Waals surface area contributed by atoms with E-state index in [1.165, 1.54) is 4.80 Å². The van der Waals surface area contributed by atoms with Gasteiger partial charge in [-0.2, -0.15) is 4.80 Å². The van der Waals surface area contributed by atoms with E-state index in [4.69, 9.17) is 0 Å². The lowest BCUT2D eigenvalue weighted by Gasteiger charge is -2.18. The Labute approximate surface area is 160 Å². The van der Waals surface area contributed by atoms with Crippen molar-refractivity contribution in [2.24, 2.45) is 0 Å². The number of aromatic nitrogens is 4. The van der Waals surface area contributed by atoms with Crippen molar-refractivity contribution in [3.63, 3.8) is 0 Å². The summed E-state index contributed by atoms with van der Waals surface area (Å²) in [6.45, 7) is 2.14. The van der Waals surface area contributed by atoms with Gasteiger partial charge in [0.25, 0.3) is 0 Å². The number of nitrogens with one attached hydrogen (secondary N) is 1. The molecule has 6 nitrogen and oxygen atoms in total. The number of nitrogens with zero attached hydrogens (tertiary/aromatic N) is 4. The highest BCUT2D eigenvalue weighted by Gasteiger charge is 2.15. The normalized spacial score (nSPS) is 11.9. The summed E-state index contributed by atoms with van der Waals surface area (Å²) in [4.78, 5) is 13.7. The smallest absolute Gasteiger partial charge is 0.244 e. The molecule has 134 valence electrons. The highest BCUT2D eigenvalue weighted by Crippen LogP contribution is 2.19. The first kappa shape index (κ1) is 18.3. The number of hydrogen-bond acceptors (Lipinski definition) is 4. The standard InChI is InChI=1S/C19H20BrN5O/c1-2-6-17(14-7-4-3-5-8-14)21-18(26)13-25-23-19(22-24-25)15-9-11-16(20)12-10-15/h3-5,7-12,17H,2,6,13H2,1H3,(H,21,26). The highest BCUT2D eigenvalue weighted by atomic mass is 79.9. The molecule has 0 aliphatic carbocycles. The van der Waals surface area contributed by atoms with Gasteiger partial charge in [0.2, 0.25) is 11.7 Å². The Balaban J connectivity index is 1.65. The van der Waals surface area contributed by atoms with Crippen molar-refractivity contribution in [1.82, 2.24) is 25.5 Å². The summed E-state index contributed by atoms with van der Waals surface area (Å²) in [6.07, 6.45) is 1.86. The van der Waals surface area contributed by atoms with Crippen LogP contribution in [0.5, 0.6) is 0 Å². The second kappa shape index (κ2) is 8.71. The van der Waals surface area contributed by atoms with Crippen molar-refractivity contribution in [2.45, 2.75) is 32.4 Å². The van der Waals surface area contributed by atoms with Gasteiger partial charge < -0.3 is 5.32 Å². The highest BCUT2D eigenvalue weighted by molar-refractivity contribution is 9.10. The number of amides is 1. The fraction of sp³-hybridized carbons (Fsp3) is 0.263. The molecule has 0 aliphatic rings. The molecular formula is C19H20BrN5O. The van der Waals surface area contributed by atoms with Gasteiger partial charge in [-0.25, -0.2) is 0 Å². The van der Waals surface area contributed by atoms with Crippen LogP contribution in [-0.4, -0.2) is 26.1 Å². The zero-order chi connectivity index (χ0) is 18.4. The molecule has 2 aromatic carbocycles. The first-order chi connectivity index (χ1) is 12.7. The molecule has 0 saturated carbocycles. The molecular weight excluding hydrogens is 394 g/mol. The van der Waals surface area contributed by atoms with Gasteiger partial charge in [0.15, 0.2) is 0 Å². The average Bonchev–Trinajstić information content (AvgIpc) is 3.11. The molecule has 1 unspecified atom stereocenters. The van der Waals surface area contributed by atoms with E-state index >= 15 is 0 Å². The molecule has 7 heteroatoms. The summed E-state index contributed by atoms with van der Waals surface area (Å²) >= 11 is 3.40. The molecule has 0 aliphatic heterocycles. The molecule has 1 N–H and O–H groups in total. The van der Waals surface area contributed by atoms with Crippen LogP contribution in [0.4, 0.5) is 0 Å². The molecule has 3 aromatic rings. The van der Waals surface area contributed by atoms with E-state index in [2.05, 4.69) is 43.6 Å². The lowest BCUT2D eigenvalue weighted by atomic mass is 10.0. The largest absolute Gasteiger partial charge is 0.348 e. The van der Waals surface area contributed by atoms with E-state index < -0.39 is 0 Å². The molecule has 1 amide bonds. The average molecular weight is 414 g/mol. The van der Waals surface area contributed by atoms with Crippen molar-refractivity contribution in [3.8, 4) is 11.4 Å². The molecule has 0 radical (unpaired) electrons. The molecule has 0 fully saturated rings. The Morgan fingerprint density at radius 1 is 1.15 bits per heavy atom. The van der Waals surface area contributed by atoms with E-state index in [0.29, 0.717) is 5.82 Å². The third-order valence-electron chi connectivity index (χ3n) is 3.95. The van der Waals surface area contributed by atoms with E-state index in [-0.39, 0.29) is 18.5 Å². The van der Waals surface area contributed by atoms with Crippen molar-refractivity contribution in [3.05, 3.63) is 64.6 Å². The number of rotatable bonds is 7. The summed E-state index contributed by atoms with van der Waals surface area (Å²) in [6, 6.07) is 17.6. The van der Waals surface area contributed by atoms with Crippen LogP contribution in [-0.2, 0) is 11.3 Å². The minimum atomic E-state index is -0.132. The Bertz CT molecular complexity index is 848. The minimum absolute atomic E-state index is 0.0110. The predicted molar refractivity (Wildman–Crippen MR) is 103 cm³/mol. The lowest BCUT2D eigenvalue weighted by Crippen LogP contribution is -2.32. The van der Waals surface area contributed by atoms with Crippen molar-refractivity contribution >= 4 is 21.8 Å². The van der Waals surface area contributed by atoms with E-state index in [1.807, 2.05) is 54.6 Å². The first-order valence-electron chi connectivity index (χ1n) is 8.53. The summed E-state index contributed by atoms with van der Waals surface area (Å²) < 4.78 is 0.982. The quantitative estimate of drug-likeness (QED) is 0.639. The number of tetrazole rings is 1. The maximum Gasteiger partial charge on any atom is 0.244 e. The third-order valence-corrected chi connectivity index (χ3v) is 4.48. The summed E-state index contributed by atoms with van der Waals surface area (Å²) in [5, 5.41) is 15.4. The van der Waals surface area contributed by atoms with Crippen molar-refractivity contribution in [2.75, 3.05) is 0 Å². The SMILES string of the molecule is CCCC(NC(=O)Cn1nnc(-c2ccc(Br)cc2)n1)c1ccccc1. The van der Waals surface area contributed by atoms with Crippen molar-refractivity contribution < 1.29 is 4.79 Å². The van der Waals surface area contributed by atoms with Crippen LogP contribution < -0.4 is 5.32 Å². The molecule has 1 aromatic heterocycles. The van der Waals surface area contributed by atoms with Gasteiger partial charge in [-0.1, -0.05) is 59.6 Å². The van der Waals surface area contributed by atoms with Gasteiger partial charge in [-0.05, 0) is 41.5 Å². The number of hydrogen-bond donors (Lipinski definition) is 1. The Hall–Kier alpha value is -2.54. The maximum absolute atomic E-state index is 12.4. The minimum Gasteiger partial charge on any atom is -0.348 e. The van der Waals surface area contributed by atoms with Gasteiger partial charge in [0.1, 0.15) is 6.54 Å². The molecule has 26 heavy (non-hydrogen) atoms. The second-order valence-corrected chi connectivity index (χ2v) is 6.89. The van der Waals surface area contributed by atoms with Crippen LogP contribution in [0, 0.1) is 0 Å². The zero-order valence-electron chi connectivity index (χ0n) is 14.5. The second-order valence-electron chi connectivity index (χ2n) is 5.97. The van der Waals surface area contributed by atoms with E-state index in [1.54, 1.807) is 0 Å².